The van der Waals surface area contributed by atoms with Crippen LogP contribution in [0.5, 0.6) is 0 Å². The Labute approximate surface area is 188 Å². The Morgan fingerprint density at radius 3 is 2.44 bits per heavy atom. The first-order valence-corrected chi connectivity index (χ1v) is 11.8. The Bertz CT molecular complexity index is 1390. The Hall–Kier alpha value is -3.23. The SMILES string of the molecule is O=C1CS(=O)(=O)C2(C(=O)N(Cc3ccccc3Cl)c3ccccc32)N1c1cccc(F)c1. The van der Waals surface area contributed by atoms with Crippen molar-refractivity contribution in [2.45, 2.75) is 11.4 Å². The van der Waals surface area contributed by atoms with Crippen molar-refractivity contribution in [1.82, 2.24) is 0 Å². The summed E-state index contributed by atoms with van der Waals surface area (Å²) in [6.45, 7) is 0.0119. The van der Waals surface area contributed by atoms with Crippen LogP contribution in [-0.4, -0.2) is 26.0 Å². The van der Waals surface area contributed by atoms with E-state index in [-0.39, 0.29) is 17.8 Å². The van der Waals surface area contributed by atoms with Crippen molar-refractivity contribution < 1.29 is 22.4 Å². The lowest BCUT2D eigenvalue weighted by molar-refractivity contribution is -0.123. The molecule has 1 saturated heterocycles. The number of carbonyl (C=O) groups is 2. The second-order valence-electron chi connectivity index (χ2n) is 7.61. The molecular formula is C23H16ClFN2O4S. The zero-order chi connectivity index (χ0) is 22.7. The van der Waals surface area contributed by atoms with Crippen molar-refractivity contribution in [2.24, 2.45) is 0 Å². The van der Waals surface area contributed by atoms with E-state index in [1.54, 1.807) is 42.5 Å². The molecule has 2 aliphatic heterocycles. The fraction of sp³-hybridized carbons (Fsp3) is 0.130. The van der Waals surface area contributed by atoms with E-state index in [4.69, 9.17) is 11.6 Å². The number of amides is 2. The molecule has 32 heavy (non-hydrogen) atoms. The fourth-order valence-electron chi connectivity index (χ4n) is 4.46. The van der Waals surface area contributed by atoms with Gasteiger partial charge in [0.15, 0.2) is 9.84 Å². The molecule has 2 heterocycles. The predicted octanol–water partition coefficient (Wildman–Crippen LogP) is 3.64. The maximum absolute atomic E-state index is 14.0. The van der Waals surface area contributed by atoms with E-state index in [2.05, 4.69) is 0 Å². The Morgan fingerprint density at radius 2 is 1.69 bits per heavy atom. The molecule has 9 heteroatoms. The first-order valence-electron chi connectivity index (χ1n) is 9.73. The largest absolute Gasteiger partial charge is 0.304 e. The van der Waals surface area contributed by atoms with Crippen LogP contribution in [0, 0.1) is 5.82 Å². The number of carbonyl (C=O) groups excluding carboxylic acids is 2. The van der Waals surface area contributed by atoms with Gasteiger partial charge in [0.25, 0.3) is 10.8 Å². The van der Waals surface area contributed by atoms with Crippen molar-refractivity contribution >= 4 is 44.6 Å². The maximum Gasteiger partial charge on any atom is 0.274 e. The maximum atomic E-state index is 14.0. The Balaban J connectivity index is 1.76. The number of anilines is 2. The Kier molecular flexibility index (Phi) is 4.61. The van der Waals surface area contributed by atoms with Gasteiger partial charge in [0.2, 0.25) is 5.91 Å². The molecule has 1 unspecified atom stereocenters. The average Bonchev–Trinajstić information content (AvgIpc) is 3.12. The monoisotopic (exact) mass is 470 g/mol. The first kappa shape index (κ1) is 20.7. The van der Waals surface area contributed by atoms with Crippen LogP contribution in [0.3, 0.4) is 0 Å². The summed E-state index contributed by atoms with van der Waals surface area (Å²) in [5.74, 6) is -3.10. The van der Waals surface area contributed by atoms with Crippen molar-refractivity contribution in [3.63, 3.8) is 0 Å². The summed E-state index contributed by atoms with van der Waals surface area (Å²) in [4.78, 5) is 26.8. The summed E-state index contributed by atoms with van der Waals surface area (Å²) in [5, 5.41) is 0.422. The average molecular weight is 471 g/mol. The summed E-state index contributed by atoms with van der Waals surface area (Å²) in [7, 11) is -4.31. The number of nitrogens with zero attached hydrogens (tertiary/aromatic N) is 2. The van der Waals surface area contributed by atoms with Gasteiger partial charge in [0.1, 0.15) is 11.6 Å². The number of hydrogen-bond acceptors (Lipinski definition) is 4. The zero-order valence-corrected chi connectivity index (χ0v) is 18.1. The molecule has 1 spiro atoms. The molecule has 0 N–H and O–H groups in total. The molecule has 0 saturated carbocycles. The molecule has 2 amide bonds. The van der Waals surface area contributed by atoms with Crippen LogP contribution in [0.25, 0.3) is 0 Å². The summed E-state index contributed by atoms with van der Waals surface area (Å²) in [5.41, 5.74) is 1.14. The topological polar surface area (TPSA) is 74.8 Å². The second-order valence-corrected chi connectivity index (χ2v) is 10.1. The highest BCUT2D eigenvalue weighted by molar-refractivity contribution is 7.94. The van der Waals surface area contributed by atoms with Gasteiger partial charge in [0, 0.05) is 16.3 Å². The molecular weight excluding hydrogens is 455 g/mol. The lowest BCUT2D eigenvalue weighted by atomic mass is 10.0. The predicted molar refractivity (Wildman–Crippen MR) is 118 cm³/mol. The third-order valence-electron chi connectivity index (χ3n) is 5.78. The number of sulfone groups is 1. The van der Waals surface area contributed by atoms with Gasteiger partial charge in [-0.25, -0.2) is 12.8 Å². The molecule has 0 aliphatic carbocycles. The van der Waals surface area contributed by atoms with Crippen molar-refractivity contribution in [1.29, 1.82) is 0 Å². The number of para-hydroxylation sites is 1. The fourth-order valence-corrected chi connectivity index (χ4v) is 6.69. The van der Waals surface area contributed by atoms with E-state index < -0.39 is 38.1 Å². The molecule has 6 nitrogen and oxygen atoms in total. The van der Waals surface area contributed by atoms with Crippen LogP contribution in [0.1, 0.15) is 11.1 Å². The van der Waals surface area contributed by atoms with E-state index in [1.807, 2.05) is 0 Å². The van der Waals surface area contributed by atoms with Gasteiger partial charge in [0.05, 0.1) is 12.2 Å². The number of benzene rings is 3. The highest BCUT2D eigenvalue weighted by atomic mass is 35.5. The van der Waals surface area contributed by atoms with Crippen LogP contribution in [0.15, 0.2) is 72.8 Å². The molecule has 0 aromatic heterocycles. The minimum atomic E-state index is -4.31. The van der Waals surface area contributed by atoms with Crippen molar-refractivity contribution in [3.8, 4) is 0 Å². The molecule has 2 aliphatic rings. The standard InChI is InChI=1S/C23H16ClFN2O4S/c24-19-10-3-1-6-15(19)13-26-20-11-4-2-9-18(20)23(22(26)29)27(21(28)14-32(23,30)31)17-8-5-7-16(25)12-17/h1-12H,13-14H2. The molecule has 1 fully saturated rings. The highest BCUT2D eigenvalue weighted by Gasteiger charge is 2.69. The smallest absolute Gasteiger partial charge is 0.274 e. The minimum absolute atomic E-state index is 0.00109. The van der Waals surface area contributed by atoms with E-state index in [1.165, 1.54) is 29.2 Å². The van der Waals surface area contributed by atoms with Crippen LogP contribution in [-0.2, 0) is 30.8 Å². The molecule has 5 rings (SSSR count). The number of halogens is 2. The van der Waals surface area contributed by atoms with E-state index in [0.29, 0.717) is 16.3 Å². The molecule has 3 aromatic rings. The van der Waals surface area contributed by atoms with E-state index >= 15 is 0 Å². The zero-order valence-electron chi connectivity index (χ0n) is 16.5. The normalized spacial score (nSPS) is 21.4. The summed E-state index contributed by atoms with van der Waals surface area (Å²) in [6, 6.07) is 18.4. The quantitative estimate of drug-likeness (QED) is 0.585. The summed E-state index contributed by atoms with van der Waals surface area (Å²) >= 11 is 6.29. The van der Waals surface area contributed by atoms with E-state index in [0.717, 1.165) is 11.0 Å². The lowest BCUT2D eigenvalue weighted by Gasteiger charge is -2.32. The van der Waals surface area contributed by atoms with Gasteiger partial charge in [-0.15, -0.1) is 0 Å². The lowest BCUT2D eigenvalue weighted by Crippen LogP contribution is -2.54. The van der Waals surface area contributed by atoms with Gasteiger partial charge < -0.3 is 4.90 Å². The molecule has 162 valence electrons. The van der Waals surface area contributed by atoms with Crippen LogP contribution in [0.2, 0.25) is 5.02 Å². The Morgan fingerprint density at radius 1 is 0.969 bits per heavy atom. The minimum Gasteiger partial charge on any atom is -0.304 e. The number of rotatable bonds is 3. The molecule has 3 aromatic carbocycles. The van der Waals surface area contributed by atoms with Gasteiger partial charge in [-0.2, -0.15) is 0 Å². The molecule has 0 bridgehead atoms. The summed E-state index contributed by atoms with van der Waals surface area (Å²) < 4.78 is 41.0. The molecule has 1 atom stereocenters. The van der Waals surface area contributed by atoms with Gasteiger partial charge in [-0.3, -0.25) is 14.5 Å². The van der Waals surface area contributed by atoms with E-state index in [9.17, 15) is 22.4 Å². The number of fused-ring (bicyclic) bond motifs is 2. The highest BCUT2D eigenvalue weighted by Crippen LogP contribution is 2.52. The van der Waals surface area contributed by atoms with Crippen LogP contribution in [0.4, 0.5) is 15.8 Å². The molecule has 0 radical (unpaired) electrons. The third kappa shape index (κ3) is 2.73. The second kappa shape index (κ2) is 7.15. The van der Waals surface area contributed by atoms with Crippen molar-refractivity contribution in [2.75, 3.05) is 15.6 Å². The summed E-state index contributed by atoms with van der Waals surface area (Å²) in [6.07, 6.45) is 0. The van der Waals surface area contributed by atoms with Crippen LogP contribution >= 0.6 is 11.6 Å². The van der Waals surface area contributed by atoms with Crippen molar-refractivity contribution in [3.05, 3.63) is 94.8 Å². The number of hydrogen-bond donors (Lipinski definition) is 0. The first-order chi connectivity index (χ1) is 15.3. The van der Waals surface area contributed by atoms with Gasteiger partial charge in [-0.1, -0.05) is 54.1 Å². The third-order valence-corrected chi connectivity index (χ3v) is 8.25. The van der Waals surface area contributed by atoms with Crippen LogP contribution < -0.4 is 9.80 Å². The van der Waals surface area contributed by atoms with Gasteiger partial charge in [-0.05, 0) is 35.9 Å². The van der Waals surface area contributed by atoms with Gasteiger partial charge >= 0.3 is 0 Å².